The minimum Gasteiger partial charge on any atom is -0.262 e. The van der Waals surface area contributed by atoms with Crippen LogP contribution in [-0.4, -0.2) is 12.1 Å². The van der Waals surface area contributed by atoms with Gasteiger partial charge in [0.2, 0.25) is 0 Å². The molecule has 0 radical (unpaired) electrons. The third-order valence-electron chi connectivity index (χ3n) is 0.343. The maximum Gasteiger partial charge on any atom is 0.473 e. The largest absolute Gasteiger partial charge is 0.473 e. The van der Waals surface area contributed by atoms with Gasteiger partial charge in [-0.1, -0.05) is 4.48 Å². The van der Waals surface area contributed by atoms with Crippen LogP contribution >= 0.6 is 0 Å². The van der Waals surface area contributed by atoms with E-state index in [1.54, 1.807) is 0 Å². The lowest BCUT2D eigenvalue weighted by Crippen LogP contribution is -2.31. The molecule has 6 heteroatoms. The zero-order valence-electron chi connectivity index (χ0n) is 3.42. The highest BCUT2D eigenvalue weighted by Gasteiger charge is 2.38. The standard InChI is InChI=1S/C2HF4NO/c3-2(4,5)1(8)7-6/h(H,7,8). The first kappa shape index (κ1) is 7.19. The lowest BCUT2D eigenvalue weighted by Gasteiger charge is -1.98. The summed E-state index contributed by atoms with van der Waals surface area (Å²) in [5, 5.41) is 0. The van der Waals surface area contributed by atoms with Crippen molar-refractivity contribution < 1.29 is 22.4 Å². The van der Waals surface area contributed by atoms with Crippen molar-refractivity contribution in [2.45, 2.75) is 6.18 Å². The number of hydrogen-bond acceptors (Lipinski definition) is 1. The molecule has 0 saturated heterocycles. The monoisotopic (exact) mass is 131 g/mol. The van der Waals surface area contributed by atoms with Gasteiger partial charge in [-0.25, -0.2) is 0 Å². The van der Waals surface area contributed by atoms with Crippen molar-refractivity contribution in [3.63, 3.8) is 0 Å². The Hall–Kier alpha value is -0.810. The Morgan fingerprint density at radius 1 is 1.38 bits per heavy atom. The smallest absolute Gasteiger partial charge is 0.262 e. The van der Waals surface area contributed by atoms with Crippen LogP contribution in [0.1, 0.15) is 0 Å². The van der Waals surface area contributed by atoms with Crippen molar-refractivity contribution >= 4 is 5.91 Å². The highest BCUT2D eigenvalue weighted by atomic mass is 19.4. The van der Waals surface area contributed by atoms with Crippen LogP contribution in [0.25, 0.3) is 0 Å². The topological polar surface area (TPSA) is 29.1 Å². The zero-order chi connectivity index (χ0) is 6.78. The third kappa shape index (κ3) is 1.76. The minimum absolute atomic E-state index is 0.0590. The van der Waals surface area contributed by atoms with E-state index in [9.17, 15) is 22.4 Å². The lowest BCUT2D eigenvalue weighted by molar-refractivity contribution is -0.178. The summed E-state index contributed by atoms with van der Waals surface area (Å²) >= 11 is 0. The molecule has 0 atom stereocenters. The molecule has 48 valence electrons. The van der Waals surface area contributed by atoms with Crippen LogP contribution in [0.15, 0.2) is 0 Å². The Morgan fingerprint density at radius 2 is 1.75 bits per heavy atom. The van der Waals surface area contributed by atoms with Gasteiger partial charge in [-0.05, 0) is 0 Å². The van der Waals surface area contributed by atoms with Gasteiger partial charge in [-0.3, -0.25) is 4.79 Å². The predicted molar refractivity (Wildman–Crippen MR) is 15.3 cm³/mol. The van der Waals surface area contributed by atoms with Crippen molar-refractivity contribution in [2.75, 3.05) is 0 Å². The Kier molecular flexibility index (Phi) is 1.77. The molecule has 8 heavy (non-hydrogen) atoms. The number of rotatable bonds is 0. The fourth-order valence-electron chi connectivity index (χ4n) is 0.0536. The van der Waals surface area contributed by atoms with Gasteiger partial charge >= 0.3 is 12.1 Å². The van der Waals surface area contributed by atoms with Crippen LogP contribution < -0.4 is 5.54 Å². The first-order chi connectivity index (χ1) is 3.48. The summed E-state index contributed by atoms with van der Waals surface area (Å²) < 4.78 is 43.0. The molecule has 0 rings (SSSR count). The Morgan fingerprint density at radius 3 is 1.75 bits per heavy atom. The number of alkyl halides is 3. The fourth-order valence-corrected chi connectivity index (χ4v) is 0.0536. The zero-order valence-corrected chi connectivity index (χ0v) is 3.42. The average Bonchev–Trinajstić information content (AvgIpc) is 1.62. The van der Waals surface area contributed by atoms with E-state index < -0.39 is 12.1 Å². The molecule has 2 nitrogen and oxygen atoms in total. The number of amides is 1. The van der Waals surface area contributed by atoms with Crippen molar-refractivity contribution in [3.05, 3.63) is 0 Å². The summed E-state index contributed by atoms with van der Waals surface area (Å²) in [4.78, 5) is 9.22. The molecule has 0 aromatic carbocycles. The molecule has 0 heterocycles. The summed E-state index contributed by atoms with van der Waals surface area (Å²) in [5.74, 6) is -2.59. The minimum atomic E-state index is -5.12. The molecule has 0 aliphatic rings. The summed E-state index contributed by atoms with van der Waals surface area (Å²) in [7, 11) is 0. The fraction of sp³-hybridized carbons (Fsp3) is 0.500. The Bertz CT molecular complexity index is 96.7. The van der Waals surface area contributed by atoms with Gasteiger partial charge in [0.25, 0.3) is 0 Å². The van der Waals surface area contributed by atoms with Crippen molar-refractivity contribution in [2.24, 2.45) is 0 Å². The molecule has 0 fully saturated rings. The van der Waals surface area contributed by atoms with E-state index in [0.717, 1.165) is 0 Å². The predicted octanol–water partition coefficient (Wildman–Crippen LogP) is 0.549. The maximum absolute atomic E-state index is 10.8. The Balaban J connectivity index is 3.82. The molecule has 0 spiro atoms. The number of hydrogen-bond donors (Lipinski definition) is 1. The van der Waals surface area contributed by atoms with Crippen LogP contribution in [0.5, 0.6) is 0 Å². The maximum atomic E-state index is 10.8. The molecule has 0 bridgehead atoms. The van der Waals surface area contributed by atoms with E-state index in [1.165, 1.54) is 0 Å². The van der Waals surface area contributed by atoms with Crippen molar-refractivity contribution in [1.29, 1.82) is 0 Å². The first-order valence-electron chi connectivity index (χ1n) is 1.46. The summed E-state index contributed by atoms with van der Waals surface area (Å²) in [6.07, 6.45) is -5.12. The van der Waals surface area contributed by atoms with E-state index in [0.29, 0.717) is 0 Å². The van der Waals surface area contributed by atoms with Crippen LogP contribution in [0.3, 0.4) is 0 Å². The molecular weight excluding hydrogens is 130 g/mol. The summed E-state index contributed by atoms with van der Waals surface area (Å²) in [5.41, 5.74) is -0.0590. The van der Waals surface area contributed by atoms with Gasteiger partial charge in [0.1, 0.15) is 0 Å². The van der Waals surface area contributed by atoms with Gasteiger partial charge in [0.15, 0.2) is 0 Å². The van der Waals surface area contributed by atoms with Crippen LogP contribution in [-0.2, 0) is 4.79 Å². The van der Waals surface area contributed by atoms with Gasteiger partial charge in [0, 0.05) is 0 Å². The van der Waals surface area contributed by atoms with Gasteiger partial charge in [-0.15, -0.1) is 0 Å². The second-order valence-electron chi connectivity index (χ2n) is 0.921. The summed E-state index contributed by atoms with van der Waals surface area (Å²) in [6.45, 7) is 0. The van der Waals surface area contributed by atoms with Crippen molar-refractivity contribution in [1.82, 2.24) is 5.54 Å². The quantitative estimate of drug-likeness (QED) is 0.377. The van der Waals surface area contributed by atoms with E-state index in [2.05, 4.69) is 0 Å². The van der Waals surface area contributed by atoms with Gasteiger partial charge in [0.05, 0.1) is 0 Å². The Labute approximate surface area is 41.4 Å². The second kappa shape index (κ2) is 1.97. The van der Waals surface area contributed by atoms with Crippen molar-refractivity contribution in [3.8, 4) is 0 Å². The number of halogens is 4. The lowest BCUT2D eigenvalue weighted by atomic mass is 10.6. The highest BCUT2D eigenvalue weighted by molar-refractivity contribution is 5.80. The van der Waals surface area contributed by atoms with E-state index in [1.807, 2.05) is 0 Å². The van der Waals surface area contributed by atoms with E-state index in [4.69, 9.17) is 0 Å². The number of carbonyl (C=O) groups is 1. The molecule has 1 N–H and O–H groups in total. The first-order valence-corrected chi connectivity index (χ1v) is 1.46. The molecule has 0 aliphatic carbocycles. The van der Waals surface area contributed by atoms with Gasteiger partial charge < -0.3 is 0 Å². The molecule has 0 aliphatic heterocycles. The highest BCUT2D eigenvalue weighted by Crippen LogP contribution is 2.13. The molecule has 0 aromatic heterocycles. The second-order valence-corrected chi connectivity index (χ2v) is 0.921. The molecule has 0 unspecified atom stereocenters. The number of nitrogens with one attached hydrogen (secondary N) is 1. The normalized spacial score (nSPS) is 11.0. The summed E-state index contributed by atoms with van der Waals surface area (Å²) in [6, 6.07) is 0. The number of carbonyl (C=O) groups excluding carboxylic acids is 1. The van der Waals surface area contributed by atoms with E-state index in [-0.39, 0.29) is 5.54 Å². The molecule has 1 amide bonds. The molecule has 0 saturated carbocycles. The van der Waals surface area contributed by atoms with Gasteiger partial charge in [-0.2, -0.15) is 18.7 Å². The average molecular weight is 131 g/mol. The van der Waals surface area contributed by atoms with Crippen LogP contribution in [0, 0.1) is 0 Å². The van der Waals surface area contributed by atoms with E-state index >= 15 is 0 Å². The SMILES string of the molecule is O=C(NF)C(F)(F)F. The van der Waals surface area contributed by atoms with Crippen LogP contribution in [0.2, 0.25) is 0 Å². The van der Waals surface area contributed by atoms with Crippen LogP contribution in [0.4, 0.5) is 17.7 Å². The molecular formula is C2HF4NO. The molecule has 0 aromatic rings. The third-order valence-corrected chi connectivity index (χ3v) is 0.343.